The van der Waals surface area contributed by atoms with E-state index in [9.17, 15) is 8.42 Å². The van der Waals surface area contributed by atoms with Crippen molar-refractivity contribution in [2.24, 2.45) is 0 Å². The van der Waals surface area contributed by atoms with Gasteiger partial charge < -0.3 is 9.47 Å². The number of nitrogens with one attached hydrogen (secondary N) is 1. The quantitative estimate of drug-likeness (QED) is 0.796. The summed E-state index contributed by atoms with van der Waals surface area (Å²) in [6.45, 7) is 3.28. The lowest BCUT2D eigenvalue weighted by atomic mass is 10.0. The van der Waals surface area contributed by atoms with Gasteiger partial charge in [0.15, 0.2) is 11.5 Å². The molecule has 1 fully saturated rings. The number of nitrogens with zero attached hydrogens (tertiary/aromatic N) is 1. The minimum Gasteiger partial charge on any atom is -0.486 e. The van der Waals surface area contributed by atoms with E-state index >= 15 is 0 Å². The summed E-state index contributed by atoms with van der Waals surface area (Å²) in [7, 11) is -3.63. The lowest BCUT2D eigenvalue weighted by Gasteiger charge is -2.34. The monoisotopic (exact) mass is 408 g/mol. The van der Waals surface area contributed by atoms with Gasteiger partial charge in [0.2, 0.25) is 10.0 Å². The van der Waals surface area contributed by atoms with E-state index in [-0.39, 0.29) is 10.9 Å². The summed E-state index contributed by atoms with van der Waals surface area (Å²) in [6, 6.07) is 6.91. The third-order valence-corrected chi connectivity index (χ3v) is 7.17. The van der Waals surface area contributed by atoms with Crippen LogP contribution in [0.2, 0.25) is 0 Å². The van der Waals surface area contributed by atoms with E-state index in [4.69, 9.17) is 9.47 Å². The smallest absolute Gasteiger partial charge is 0.240 e. The van der Waals surface area contributed by atoms with E-state index in [0.29, 0.717) is 31.3 Å². The third-order valence-electron chi connectivity index (χ3n) is 5.05. The van der Waals surface area contributed by atoms with Crippen molar-refractivity contribution in [1.29, 1.82) is 0 Å². The number of likely N-dealkylation sites (tertiary alicyclic amines) is 1. The molecule has 8 heteroatoms. The average Bonchev–Trinajstić information content (AvgIpc) is 3.23. The summed E-state index contributed by atoms with van der Waals surface area (Å²) in [5.74, 6) is 1.07. The molecule has 146 valence electrons. The standard InChI is InChI=1S/C19H24N2O4S2/c22-27(23,16-4-5-18-19(12-16)25-10-9-24-18)20-13-17(15-6-11-26-14-15)21-7-2-1-3-8-21/h4-6,11-12,14,17,20H,1-3,7-10,13H2. The number of ether oxygens (including phenoxy) is 2. The molecule has 1 aromatic heterocycles. The second kappa shape index (κ2) is 8.18. The molecule has 1 aromatic carbocycles. The first-order valence-corrected chi connectivity index (χ1v) is 11.7. The van der Waals surface area contributed by atoms with Crippen LogP contribution in [0.3, 0.4) is 0 Å². The van der Waals surface area contributed by atoms with Crippen LogP contribution in [0.1, 0.15) is 30.9 Å². The molecule has 0 bridgehead atoms. The Morgan fingerprint density at radius 2 is 1.85 bits per heavy atom. The number of piperidine rings is 1. The van der Waals surface area contributed by atoms with Gasteiger partial charge in [0.1, 0.15) is 13.2 Å². The second-order valence-corrected chi connectivity index (χ2v) is 9.37. The Kier molecular flexibility index (Phi) is 5.68. The van der Waals surface area contributed by atoms with Gasteiger partial charge in [-0.1, -0.05) is 6.42 Å². The first kappa shape index (κ1) is 18.7. The van der Waals surface area contributed by atoms with Crippen molar-refractivity contribution < 1.29 is 17.9 Å². The minimum atomic E-state index is -3.63. The number of fused-ring (bicyclic) bond motifs is 1. The molecular weight excluding hydrogens is 384 g/mol. The molecule has 0 saturated carbocycles. The fraction of sp³-hybridized carbons (Fsp3) is 0.474. The zero-order valence-electron chi connectivity index (χ0n) is 15.1. The van der Waals surface area contributed by atoms with Gasteiger partial charge in [-0.3, -0.25) is 4.90 Å². The predicted molar refractivity (Wildman–Crippen MR) is 105 cm³/mol. The van der Waals surface area contributed by atoms with Gasteiger partial charge in [-0.05, 0) is 60.5 Å². The van der Waals surface area contributed by atoms with E-state index in [1.54, 1.807) is 23.5 Å². The molecule has 0 radical (unpaired) electrons. The number of rotatable bonds is 6. The highest BCUT2D eigenvalue weighted by molar-refractivity contribution is 7.89. The van der Waals surface area contributed by atoms with Crippen LogP contribution in [-0.2, 0) is 10.0 Å². The summed E-state index contributed by atoms with van der Waals surface area (Å²) in [4.78, 5) is 2.59. The van der Waals surface area contributed by atoms with Gasteiger partial charge in [0.05, 0.1) is 4.90 Å². The average molecular weight is 409 g/mol. The van der Waals surface area contributed by atoms with Crippen molar-refractivity contribution in [2.45, 2.75) is 30.2 Å². The first-order valence-electron chi connectivity index (χ1n) is 9.29. The zero-order valence-corrected chi connectivity index (χ0v) is 16.7. The fourth-order valence-electron chi connectivity index (χ4n) is 3.62. The number of hydrogen-bond acceptors (Lipinski definition) is 6. The summed E-state index contributed by atoms with van der Waals surface area (Å²) < 4.78 is 39.5. The molecule has 4 rings (SSSR count). The first-order chi connectivity index (χ1) is 13.1. The van der Waals surface area contributed by atoms with E-state index in [0.717, 1.165) is 25.9 Å². The zero-order chi connectivity index (χ0) is 18.7. The highest BCUT2D eigenvalue weighted by atomic mass is 32.2. The summed E-state index contributed by atoms with van der Waals surface area (Å²) in [5.41, 5.74) is 1.17. The largest absolute Gasteiger partial charge is 0.486 e. The van der Waals surface area contributed by atoms with Gasteiger partial charge in [-0.2, -0.15) is 11.3 Å². The Labute approximate surface area is 164 Å². The maximum atomic E-state index is 12.9. The van der Waals surface area contributed by atoms with E-state index in [1.807, 2.05) is 5.38 Å². The van der Waals surface area contributed by atoms with Gasteiger partial charge >= 0.3 is 0 Å². The van der Waals surface area contributed by atoms with Gasteiger partial charge in [0.25, 0.3) is 0 Å². The predicted octanol–water partition coefficient (Wildman–Crippen LogP) is 3.02. The molecule has 3 heterocycles. The third kappa shape index (κ3) is 4.29. The van der Waals surface area contributed by atoms with Crippen LogP contribution in [0.15, 0.2) is 39.9 Å². The van der Waals surface area contributed by atoms with Crippen molar-refractivity contribution in [1.82, 2.24) is 9.62 Å². The topological polar surface area (TPSA) is 67.9 Å². The van der Waals surface area contributed by atoms with Crippen LogP contribution in [0.25, 0.3) is 0 Å². The van der Waals surface area contributed by atoms with Gasteiger partial charge in [-0.15, -0.1) is 0 Å². The van der Waals surface area contributed by atoms with Crippen molar-refractivity contribution in [2.75, 3.05) is 32.8 Å². The Bertz CT molecular complexity index is 862. The molecule has 27 heavy (non-hydrogen) atoms. The van der Waals surface area contributed by atoms with Crippen LogP contribution in [0.5, 0.6) is 11.5 Å². The molecule has 0 amide bonds. The molecule has 0 aliphatic carbocycles. The Hall–Kier alpha value is -1.61. The van der Waals surface area contributed by atoms with Crippen LogP contribution >= 0.6 is 11.3 Å². The Balaban J connectivity index is 1.51. The molecule has 1 unspecified atom stereocenters. The molecule has 2 aliphatic rings. The summed E-state index contributed by atoms with van der Waals surface area (Å²) in [5, 5.41) is 4.15. The molecule has 1 atom stereocenters. The maximum absolute atomic E-state index is 12.9. The molecule has 1 saturated heterocycles. The minimum absolute atomic E-state index is 0.0588. The lowest BCUT2D eigenvalue weighted by molar-refractivity contribution is 0.165. The van der Waals surface area contributed by atoms with Gasteiger partial charge in [0, 0.05) is 18.7 Å². The van der Waals surface area contributed by atoms with Crippen molar-refractivity contribution in [3.8, 4) is 11.5 Å². The number of sulfonamides is 1. The Morgan fingerprint density at radius 3 is 2.59 bits per heavy atom. The van der Waals surface area contributed by atoms with E-state index in [2.05, 4.69) is 21.1 Å². The molecule has 1 N–H and O–H groups in total. The maximum Gasteiger partial charge on any atom is 0.240 e. The van der Waals surface area contributed by atoms with Crippen LogP contribution < -0.4 is 14.2 Å². The highest BCUT2D eigenvalue weighted by Gasteiger charge is 2.26. The second-order valence-electron chi connectivity index (χ2n) is 6.83. The molecule has 2 aliphatic heterocycles. The van der Waals surface area contributed by atoms with Crippen molar-refractivity contribution in [3.05, 3.63) is 40.6 Å². The molecule has 2 aromatic rings. The van der Waals surface area contributed by atoms with Crippen LogP contribution in [-0.4, -0.2) is 46.2 Å². The molecule has 6 nitrogen and oxygen atoms in total. The van der Waals surface area contributed by atoms with Crippen LogP contribution in [0.4, 0.5) is 0 Å². The molecule has 0 spiro atoms. The van der Waals surface area contributed by atoms with Gasteiger partial charge in [-0.25, -0.2) is 13.1 Å². The number of thiophene rings is 1. The van der Waals surface area contributed by atoms with E-state index in [1.165, 1.54) is 18.1 Å². The Morgan fingerprint density at radius 1 is 1.07 bits per heavy atom. The van der Waals surface area contributed by atoms with Crippen LogP contribution in [0, 0.1) is 0 Å². The highest BCUT2D eigenvalue weighted by Crippen LogP contribution is 2.32. The normalized spacial score (nSPS) is 19.0. The van der Waals surface area contributed by atoms with Crippen molar-refractivity contribution >= 4 is 21.4 Å². The van der Waals surface area contributed by atoms with E-state index < -0.39 is 10.0 Å². The SMILES string of the molecule is O=S(=O)(NCC(c1ccsc1)N1CCCCC1)c1ccc2c(c1)OCCO2. The fourth-order valence-corrected chi connectivity index (χ4v) is 5.38. The lowest BCUT2D eigenvalue weighted by Crippen LogP contribution is -2.40. The summed E-state index contributed by atoms with van der Waals surface area (Å²) in [6.07, 6.45) is 3.57. The molecular formula is C19H24N2O4S2. The number of hydrogen-bond donors (Lipinski definition) is 1. The summed E-state index contributed by atoms with van der Waals surface area (Å²) >= 11 is 1.64. The number of benzene rings is 1. The van der Waals surface area contributed by atoms with Crippen molar-refractivity contribution in [3.63, 3.8) is 0 Å².